The summed E-state index contributed by atoms with van der Waals surface area (Å²) in [4.78, 5) is 3.53. The van der Waals surface area contributed by atoms with E-state index in [1.807, 2.05) is 0 Å². The zero-order chi connectivity index (χ0) is 14.7. The van der Waals surface area contributed by atoms with Gasteiger partial charge in [-0.3, -0.25) is 0 Å². The van der Waals surface area contributed by atoms with Crippen LogP contribution in [0.4, 0.5) is 5.95 Å². The third kappa shape index (κ3) is 3.13. The molecule has 8 heteroatoms. The SMILES string of the molecule is ON=C(Cn1nnc(N2CCCC2)n1)c1ccc(Cl)cc1. The van der Waals surface area contributed by atoms with Crippen molar-refractivity contribution in [1.82, 2.24) is 20.2 Å². The fourth-order valence-electron chi connectivity index (χ4n) is 2.30. The lowest BCUT2D eigenvalue weighted by atomic mass is 10.1. The van der Waals surface area contributed by atoms with Crippen LogP contribution in [0, 0.1) is 0 Å². The standard InChI is InChI=1S/C13H15ClN6O/c14-11-5-3-10(4-6-11)12(17-21)9-20-16-13(15-18-20)19-7-1-2-8-19/h3-6,21H,1-2,7-9H2. The summed E-state index contributed by atoms with van der Waals surface area (Å²) in [5, 5.41) is 25.5. The van der Waals surface area contributed by atoms with Crippen LogP contribution >= 0.6 is 11.6 Å². The molecule has 2 aromatic rings. The van der Waals surface area contributed by atoms with Crippen molar-refractivity contribution in [2.75, 3.05) is 18.0 Å². The molecule has 0 bridgehead atoms. The van der Waals surface area contributed by atoms with E-state index in [0.717, 1.165) is 31.5 Å². The first-order chi connectivity index (χ1) is 10.3. The number of halogens is 1. The molecule has 0 atom stereocenters. The summed E-state index contributed by atoms with van der Waals surface area (Å²) >= 11 is 5.85. The fraction of sp³-hybridized carbons (Fsp3) is 0.385. The van der Waals surface area contributed by atoms with E-state index in [1.165, 1.54) is 4.80 Å². The quantitative estimate of drug-likeness (QED) is 0.529. The minimum Gasteiger partial charge on any atom is -0.411 e. The number of hydrogen-bond acceptors (Lipinski definition) is 6. The van der Waals surface area contributed by atoms with Crippen molar-refractivity contribution in [2.45, 2.75) is 19.4 Å². The van der Waals surface area contributed by atoms with Crippen LogP contribution in [0.5, 0.6) is 0 Å². The van der Waals surface area contributed by atoms with E-state index in [2.05, 4.69) is 25.5 Å². The third-order valence-electron chi connectivity index (χ3n) is 3.42. The molecule has 1 aliphatic rings. The molecule has 0 unspecified atom stereocenters. The predicted octanol–water partition coefficient (Wildman–Crippen LogP) is 1.81. The molecule has 1 aromatic carbocycles. The Morgan fingerprint density at radius 2 is 1.95 bits per heavy atom. The third-order valence-corrected chi connectivity index (χ3v) is 3.67. The summed E-state index contributed by atoms with van der Waals surface area (Å²) < 4.78 is 0. The average molecular weight is 307 g/mol. The molecule has 0 spiro atoms. The largest absolute Gasteiger partial charge is 0.411 e. The number of tetrazole rings is 1. The number of anilines is 1. The van der Waals surface area contributed by atoms with Gasteiger partial charge in [0.05, 0.1) is 0 Å². The van der Waals surface area contributed by atoms with Gasteiger partial charge in [0.1, 0.15) is 12.3 Å². The van der Waals surface area contributed by atoms with Crippen molar-refractivity contribution in [3.05, 3.63) is 34.9 Å². The van der Waals surface area contributed by atoms with Crippen LogP contribution in [0.3, 0.4) is 0 Å². The molecular weight excluding hydrogens is 292 g/mol. The van der Waals surface area contributed by atoms with E-state index in [-0.39, 0.29) is 6.54 Å². The highest BCUT2D eigenvalue weighted by Crippen LogP contribution is 2.14. The number of rotatable bonds is 4. The van der Waals surface area contributed by atoms with Crippen molar-refractivity contribution >= 4 is 23.3 Å². The normalized spacial score (nSPS) is 15.7. The molecule has 3 rings (SSSR count). The Morgan fingerprint density at radius 3 is 2.62 bits per heavy atom. The first-order valence-corrected chi connectivity index (χ1v) is 7.13. The highest BCUT2D eigenvalue weighted by molar-refractivity contribution is 6.30. The summed E-state index contributed by atoms with van der Waals surface area (Å²) in [7, 11) is 0. The van der Waals surface area contributed by atoms with Gasteiger partial charge in [0, 0.05) is 23.7 Å². The molecule has 0 amide bonds. The molecule has 7 nitrogen and oxygen atoms in total. The average Bonchev–Trinajstić information content (AvgIpc) is 3.17. The molecule has 1 saturated heterocycles. The zero-order valence-corrected chi connectivity index (χ0v) is 12.1. The van der Waals surface area contributed by atoms with Gasteiger partial charge in [-0.15, -0.1) is 5.10 Å². The summed E-state index contributed by atoms with van der Waals surface area (Å²) in [6.07, 6.45) is 2.31. The monoisotopic (exact) mass is 306 g/mol. The number of nitrogens with zero attached hydrogens (tertiary/aromatic N) is 6. The summed E-state index contributed by atoms with van der Waals surface area (Å²) in [6, 6.07) is 7.06. The topological polar surface area (TPSA) is 79.4 Å². The van der Waals surface area contributed by atoms with E-state index in [9.17, 15) is 5.21 Å². The molecule has 0 saturated carbocycles. The Labute approximate surface area is 126 Å². The lowest BCUT2D eigenvalue weighted by molar-refractivity contribution is 0.316. The van der Waals surface area contributed by atoms with E-state index >= 15 is 0 Å². The van der Waals surface area contributed by atoms with Crippen LogP contribution < -0.4 is 4.90 Å². The Kier molecular flexibility index (Phi) is 4.01. The molecule has 2 heterocycles. The number of hydrogen-bond donors (Lipinski definition) is 1. The summed E-state index contributed by atoms with van der Waals surface area (Å²) in [5.41, 5.74) is 1.22. The molecule has 1 aromatic heterocycles. The molecule has 1 aliphatic heterocycles. The van der Waals surface area contributed by atoms with E-state index < -0.39 is 0 Å². The minimum atomic E-state index is 0.249. The van der Waals surface area contributed by atoms with Crippen LogP contribution in [-0.4, -0.2) is 44.2 Å². The van der Waals surface area contributed by atoms with Gasteiger partial charge in [0.15, 0.2) is 0 Å². The number of aromatic nitrogens is 4. The number of oxime groups is 1. The van der Waals surface area contributed by atoms with Crippen molar-refractivity contribution in [3.63, 3.8) is 0 Å². The minimum absolute atomic E-state index is 0.249. The lowest BCUT2D eigenvalue weighted by Gasteiger charge is -2.10. The highest BCUT2D eigenvalue weighted by atomic mass is 35.5. The lowest BCUT2D eigenvalue weighted by Crippen LogP contribution is -2.20. The van der Waals surface area contributed by atoms with Crippen LogP contribution in [0.1, 0.15) is 18.4 Å². The first kappa shape index (κ1) is 13.8. The van der Waals surface area contributed by atoms with Crippen molar-refractivity contribution in [3.8, 4) is 0 Å². The second kappa shape index (κ2) is 6.09. The van der Waals surface area contributed by atoms with Gasteiger partial charge >= 0.3 is 0 Å². The molecule has 21 heavy (non-hydrogen) atoms. The number of benzene rings is 1. The van der Waals surface area contributed by atoms with Crippen LogP contribution in [0.2, 0.25) is 5.02 Å². The van der Waals surface area contributed by atoms with Gasteiger partial charge in [-0.1, -0.05) is 34.0 Å². The second-order valence-corrected chi connectivity index (χ2v) is 5.30. The van der Waals surface area contributed by atoms with Crippen LogP contribution in [0.25, 0.3) is 0 Å². The van der Waals surface area contributed by atoms with E-state index in [4.69, 9.17) is 11.6 Å². The molecule has 0 aliphatic carbocycles. The molecule has 1 N–H and O–H groups in total. The fourth-order valence-corrected chi connectivity index (χ4v) is 2.43. The molecule has 110 valence electrons. The highest BCUT2D eigenvalue weighted by Gasteiger charge is 2.17. The van der Waals surface area contributed by atoms with Crippen molar-refractivity contribution in [2.24, 2.45) is 5.16 Å². The van der Waals surface area contributed by atoms with E-state index in [0.29, 0.717) is 16.7 Å². The van der Waals surface area contributed by atoms with Gasteiger partial charge in [-0.25, -0.2) is 0 Å². The van der Waals surface area contributed by atoms with Crippen molar-refractivity contribution < 1.29 is 5.21 Å². The first-order valence-electron chi connectivity index (χ1n) is 6.76. The van der Waals surface area contributed by atoms with Crippen molar-refractivity contribution in [1.29, 1.82) is 0 Å². The van der Waals surface area contributed by atoms with Crippen LogP contribution in [-0.2, 0) is 6.54 Å². The zero-order valence-electron chi connectivity index (χ0n) is 11.4. The summed E-state index contributed by atoms with van der Waals surface area (Å²) in [6.45, 7) is 2.17. The smallest absolute Gasteiger partial charge is 0.266 e. The summed E-state index contributed by atoms with van der Waals surface area (Å²) in [5.74, 6) is 0.626. The van der Waals surface area contributed by atoms with Crippen LogP contribution in [0.15, 0.2) is 29.4 Å². The maximum atomic E-state index is 9.18. The Hall–Kier alpha value is -2.15. The van der Waals surface area contributed by atoms with Gasteiger partial charge in [0.2, 0.25) is 0 Å². The van der Waals surface area contributed by atoms with Gasteiger partial charge in [-0.2, -0.15) is 4.80 Å². The Bertz CT molecular complexity index is 632. The predicted molar refractivity (Wildman–Crippen MR) is 79.0 cm³/mol. The van der Waals surface area contributed by atoms with Gasteiger partial charge in [0.25, 0.3) is 5.95 Å². The second-order valence-electron chi connectivity index (χ2n) is 4.87. The van der Waals surface area contributed by atoms with Gasteiger partial charge < -0.3 is 10.1 Å². The molecule has 0 radical (unpaired) electrons. The Morgan fingerprint density at radius 1 is 1.24 bits per heavy atom. The van der Waals surface area contributed by atoms with Gasteiger partial charge in [-0.05, 0) is 30.2 Å². The maximum Gasteiger partial charge on any atom is 0.266 e. The maximum absolute atomic E-state index is 9.18. The Balaban J connectivity index is 1.73. The molecular formula is C13H15ClN6O. The molecule has 1 fully saturated rings. The van der Waals surface area contributed by atoms with E-state index in [1.54, 1.807) is 24.3 Å².